The van der Waals surface area contributed by atoms with Crippen molar-refractivity contribution < 1.29 is 5.11 Å². The summed E-state index contributed by atoms with van der Waals surface area (Å²) in [6, 6.07) is 14.5. The zero-order valence-electron chi connectivity index (χ0n) is 12.5. The van der Waals surface area contributed by atoms with Gasteiger partial charge in [0.2, 0.25) is 0 Å². The van der Waals surface area contributed by atoms with Gasteiger partial charge in [0, 0.05) is 6.54 Å². The maximum Gasteiger partial charge on any atom is 0.0626 e. The Bertz CT molecular complexity index is 563. The van der Waals surface area contributed by atoms with E-state index in [0.29, 0.717) is 0 Å². The lowest BCUT2D eigenvalue weighted by Crippen LogP contribution is -2.24. The molecule has 106 valence electrons. The van der Waals surface area contributed by atoms with E-state index in [1.807, 2.05) is 30.3 Å². The Morgan fingerprint density at radius 1 is 0.950 bits per heavy atom. The highest BCUT2D eigenvalue weighted by Gasteiger charge is 2.10. The summed E-state index contributed by atoms with van der Waals surface area (Å²) in [5.74, 6) is 0. The van der Waals surface area contributed by atoms with E-state index < -0.39 is 0 Å². The molecule has 2 aromatic rings. The molecule has 0 aliphatic carbocycles. The highest BCUT2D eigenvalue weighted by Crippen LogP contribution is 2.17. The van der Waals surface area contributed by atoms with E-state index in [-0.39, 0.29) is 12.6 Å². The lowest BCUT2D eigenvalue weighted by Gasteiger charge is -2.18. The van der Waals surface area contributed by atoms with E-state index in [4.69, 9.17) is 0 Å². The maximum absolute atomic E-state index is 9.56. The highest BCUT2D eigenvalue weighted by atomic mass is 16.3. The molecule has 0 fully saturated rings. The van der Waals surface area contributed by atoms with Crippen molar-refractivity contribution in [2.45, 2.75) is 33.4 Å². The fraction of sp³-hybridized carbons (Fsp3) is 0.333. The van der Waals surface area contributed by atoms with Crippen molar-refractivity contribution in [2.24, 2.45) is 0 Å². The predicted octanol–water partition coefficient (Wildman–Crippen LogP) is 3.44. The molecule has 20 heavy (non-hydrogen) atoms. The first-order valence-electron chi connectivity index (χ1n) is 7.07. The van der Waals surface area contributed by atoms with Crippen molar-refractivity contribution in [1.29, 1.82) is 0 Å². The van der Waals surface area contributed by atoms with Gasteiger partial charge in [-0.3, -0.25) is 0 Å². The molecule has 1 atom stereocenters. The summed E-state index contributed by atoms with van der Waals surface area (Å²) in [7, 11) is 0. The molecule has 0 saturated carbocycles. The molecule has 0 aliphatic heterocycles. The topological polar surface area (TPSA) is 32.3 Å². The molecule has 2 heteroatoms. The third-order valence-corrected chi connectivity index (χ3v) is 3.88. The van der Waals surface area contributed by atoms with Crippen LogP contribution < -0.4 is 5.32 Å². The Kier molecular flexibility index (Phi) is 4.94. The summed E-state index contributed by atoms with van der Waals surface area (Å²) in [6.07, 6.45) is 0. The molecule has 2 rings (SSSR count). The first kappa shape index (κ1) is 14.8. The number of hydrogen-bond acceptors (Lipinski definition) is 2. The van der Waals surface area contributed by atoms with Crippen LogP contribution >= 0.6 is 0 Å². The maximum atomic E-state index is 9.56. The number of nitrogens with one attached hydrogen (secondary N) is 1. The second-order valence-corrected chi connectivity index (χ2v) is 5.39. The fourth-order valence-corrected chi connectivity index (χ4v) is 2.42. The number of rotatable bonds is 5. The number of aliphatic hydroxyl groups is 1. The summed E-state index contributed by atoms with van der Waals surface area (Å²) in [5.41, 5.74) is 6.35. The number of hydrogen-bond donors (Lipinski definition) is 2. The molecule has 0 amide bonds. The number of aliphatic hydroxyl groups excluding tert-OH is 1. The monoisotopic (exact) mass is 269 g/mol. The summed E-state index contributed by atoms with van der Waals surface area (Å²) < 4.78 is 0. The van der Waals surface area contributed by atoms with Crippen LogP contribution in [0.25, 0.3) is 0 Å². The minimum atomic E-state index is -0.0165. The Morgan fingerprint density at radius 3 is 2.25 bits per heavy atom. The quantitative estimate of drug-likeness (QED) is 0.871. The standard InChI is InChI=1S/C18H23NO/c1-13-9-15(3)17(10-14(13)2)11-19-18(12-20)16-7-5-4-6-8-16/h4-10,18-20H,11-12H2,1-3H3/t18-/m0/s1. The van der Waals surface area contributed by atoms with E-state index in [9.17, 15) is 5.11 Å². The lowest BCUT2D eigenvalue weighted by molar-refractivity contribution is 0.243. The van der Waals surface area contributed by atoms with Gasteiger partial charge in [0.05, 0.1) is 12.6 Å². The second kappa shape index (κ2) is 6.69. The predicted molar refractivity (Wildman–Crippen MR) is 83.8 cm³/mol. The van der Waals surface area contributed by atoms with Crippen molar-refractivity contribution in [1.82, 2.24) is 5.32 Å². The van der Waals surface area contributed by atoms with Crippen molar-refractivity contribution in [3.8, 4) is 0 Å². The molecule has 0 aromatic heterocycles. The average molecular weight is 269 g/mol. The van der Waals surface area contributed by atoms with Gasteiger partial charge in [0.25, 0.3) is 0 Å². The van der Waals surface area contributed by atoms with Crippen molar-refractivity contribution in [3.63, 3.8) is 0 Å². The van der Waals surface area contributed by atoms with Crippen LogP contribution in [0.15, 0.2) is 42.5 Å². The van der Waals surface area contributed by atoms with Gasteiger partial charge < -0.3 is 10.4 Å². The Morgan fingerprint density at radius 2 is 1.60 bits per heavy atom. The summed E-state index contributed by atoms with van der Waals surface area (Å²) in [6.45, 7) is 7.29. The van der Waals surface area contributed by atoms with Crippen LogP contribution in [0.1, 0.15) is 33.9 Å². The smallest absolute Gasteiger partial charge is 0.0626 e. The Labute approximate surface area is 121 Å². The van der Waals surface area contributed by atoms with Gasteiger partial charge in [-0.2, -0.15) is 0 Å². The van der Waals surface area contributed by atoms with Gasteiger partial charge in [-0.1, -0.05) is 42.5 Å². The summed E-state index contributed by atoms with van der Waals surface area (Å²) >= 11 is 0. The minimum Gasteiger partial charge on any atom is -0.394 e. The third-order valence-electron chi connectivity index (χ3n) is 3.88. The first-order chi connectivity index (χ1) is 9.61. The molecule has 0 unspecified atom stereocenters. The Hall–Kier alpha value is -1.64. The van der Waals surface area contributed by atoms with Gasteiger partial charge in [0.1, 0.15) is 0 Å². The van der Waals surface area contributed by atoms with Gasteiger partial charge in [-0.05, 0) is 48.6 Å². The molecule has 2 N–H and O–H groups in total. The van der Waals surface area contributed by atoms with Crippen LogP contribution in [0.4, 0.5) is 0 Å². The van der Waals surface area contributed by atoms with Gasteiger partial charge in [-0.15, -0.1) is 0 Å². The fourth-order valence-electron chi connectivity index (χ4n) is 2.42. The van der Waals surface area contributed by atoms with Crippen LogP contribution in [0.2, 0.25) is 0 Å². The van der Waals surface area contributed by atoms with E-state index in [2.05, 4.69) is 38.2 Å². The zero-order valence-corrected chi connectivity index (χ0v) is 12.5. The highest BCUT2D eigenvalue weighted by molar-refractivity contribution is 5.36. The van der Waals surface area contributed by atoms with E-state index in [1.54, 1.807) is 0 Å². The molecule has 0 radical (unpaired) electrons. The van der Waals surface area contributed by atoms with Crippen LogP contribution in [-0.2, 0) is 6.54 Å². The summed E-state index contributed by atoms with van der Waals surface area (Å²) in [5, 5.41) is 13.0. The molecule has 2 aromatic carbocycles. The number of aryl methyl sites for hydroxylation is 3. The lowest BCUT2D eigenvalue weighted by atomic mass is 10.00. The van der Waals surface area contributed by atoms with Crippen LogP contribution in [0.3, 0.4) is 0 Å². The molecule has 0 heterocycles. The average Bonchev–Trinajstić information content (AvgIpc) is 2.46. The number of benzene rings is 2. The van der Waals surface area contributed by atoms with Crippen molar-refractivity contribution in [3.05, 3.63) is 70.3 Å². The molecular weight excluding hydrogens is 246 g/mol. The summed E-state index contributed by atoms with van der Waals surface area (Å²) in [4.78, 5) is 0. The molecule has 0 bridgehead atoms. The van der Waals surface area contributed by atoms with Crippen LogP contribution in [-0.4, -0.2) is 11.7 Å². The molecule has 0 saturated heterocycles. The van der Waals surface area contributed by atoms with Crippen LogP contribution in [0, 0.1) is 20.8 Å². The molecule has 0 spiro atoms. The molecular formula is C18H23NO. The van der Waals surface area contributed by atoms with Gasteiger partial charge >= 0.3 is 0 Å². The van der Waals surface area contributed by atoms with Gasteiger partial charge in [-0.25, -0.2) is 0 Å². The third kappa shape index (κ3) is 3.47. The minimum absolute atomic E-state index is 0.0165. The second-order valence-electron chi connectivity index (χ2n) is 5.39. The van der Waals surface area contributed by atoms with Crippen molar-refractivity contribution in [2.75, 3.05) is 6.61 Å². The molecule has 0 aliphatic rings. The molecule has 2 nitrogen and oxygen atoms in total. The van der Waals surface area contributed by atoms with Crippen molar-refractivity contribution >= 4 is 0 Å². The van der Waals surface area contributed by atoms with E-state index in [0.717, 1.165) is 12.1 Å². The largest absolute Gasteiger partial charge is 0.394 e. The zero-order chi connectivity index (χ0) is 14.5. The SMILES string of the molecule is Cc1cc(C)c(CN[C@@H](CO)c2ccccc2)cc1C. The van der Waals surface area contributed by atoms with Gasteiger partial charge in [0.15, 0.2) is 0 Å². The van der Waals surface area contributed by atoms with E-state index in [1.165, 1.54) is 22.3 Å². The first-order valence-corrected chi connectivity index (χ1v) is 7.07. The van der Waals surface area contributed by atoms with E-state index >= 15 is 0 Å². The Balaban J connectivity index is 2.09. The normalized spacial score (nSPS) is 12.4. The van der Waals surface area contributed by atoms with Crippen LogP contribution in [0.5, 0.6) is 0 Å².